The summed E-state index contributed by atoms with van der Waals surface area (Å²) in [5.74, 6) is 6.06. The maximum atomic E-state index is 12.4. The minimum absolute atomic E-state index is 0.157. The molecule has 122 valence electrons. The van der Waals surface area contributed by atoms with E-state index in [0.29, 0.717) is 0 Å². The molecule has 0 aliphatic heterocycles. The Bertz CT molecular complexity index is 660. The van der Waals surface area contributed by atoms with Crippen LogP contribution >= 0.6 is 0 Å². The van der Waals surface area contributed by atoms with Gasteiger partial charge in [-0.25, -0.2) is 4.18 Å². The van der Waals surface area contributed by atoms with Gasteiger partial charge in [0.25, 0.3) is 10.1 Å². The Morgan fingerprint density at radius 2 is 1.50 bits per heavy atom. The van der Waals surface area contributed by atoms with Gasteiger partial charge in [0.1, 0.15) is 6.10 Å². The lowest BCUT2D eigenvalue weighted by atomic mass is 9.88. The largest absolute Gasteiger partial charge is 0.298 e. The van der Waals surface area contributed by atoms with Crippen LogP contribution in [0.5, 0.6) is 0 Å². The first-order valence-corrected chi connectivity index (χ1v) is 8.75. The van der Waals surface area contributed by atoms with Crippen LogP contribution in [-0.2, 0) is 14.3 Å². The second kappa shape index (κ2) is 6.44. The van der Waals surface area contributed by atoms with E-state index in [2.05, 4.69) is 11.8 Å². The first-order chi connectivity index (χ1) is 9.81. The zero-order valence-corrected chi connectivity index (χ0v) is 15.3. The van der Waals surface area contributed by atoms with E-state index in [1.165, 1.54) is 0 Å². The lowest BCUT2D eigenvalue weighted by Gasteiger charge is -2.26. The summed E-state index contributed by atoms with van der Waals surface area (Å²) in [5.41, 5.74) is 0.384. The Labute approximate surface area is 135 Å². The molecule has 0 aromatic heterocycles. The van der Waals surface area contributed by atoms with Crippen LogP contribution < -0.4 is 0 Å². The smallest absolute Gasteiger partial charge is 0.249 e. The minimum Gasteiger partial charge on any atom is -0.249 e. The van der Waals surface area contributed by atoms with Gasteiger partial charge in [0.15, 0.2) is 0 Å². The predicted octanol–water partition coefficient (Wildman–Crippen LogP) is 4.16. The molecule has 0 aliphatic rings. The van der Waals surface area contributed by atoms with Gasteiger partial charge in [-0.15, -0.1) is 0 Å². The number of hydrogen-bond donors (Lipinski definition) is 0. The van der Waals surface area contributed by atoms with E-state index >= 15 is 0 Å². The summed E-state index contributed by atoms with van der Waals surface area (Å²) in [6, 6.07) is 6.62. The molecule has 0 unspecified atom stereocenters. The van der Waals surface area contributed by atoms with Crippen LogP contribution in [0.15, 0.2) is 29.2 Å². The first-order valence-electron chi connectivity index (χ1n) is 7.34. The van der Waals surface area contributed by atoms with Crippen molar-refractivity contribution < 1.29 is 12.6 Å². The van der Waals surface area contributed by atoms with Crippen molar-refractivity contribution in [2.24, 2.45) is 10.8 Å². The number of rotatable bonds is 3. The average molecular weight is 322 g/mol. The molecule has 0 bridgehead atoms. The quantitative estimate of drug-likeness (QED) is 0.620. The Morgan fingerprint density at radius 1 is 1.00 bits per heavy atom. The number of aryl methyl sites for hydroxylation is 1. The summed E-state index contributed by atoms with van der Waals surface area (Å²) in [6.07, 6.45) is -0.696. The standard InChI is InChI=1S/C18H26O3S/c1-14-8-10-15(11-9-14)22(19,20)21-16(18(5,6)7)12-13-17(2,3)4/h8-11,16H,1-7H3/t16-/m0/s1. The lowest BCUT2D eigenvalue weighted by molar-refractivity contribution is 0.143. The van der Waals surface area contributed by atoms with Crippen molar-refractivity contribution in [2.45, 2.75) is 59.5 Å². The molecule has 0 heterocycles. The fraction of sp³-hybridized carbons (Fsp3) is 0.556. The highest BCUT2D eigenvalue weighted by atomic mass is 32.2. The second-order valence-electron chi connectivity index (χ2n) is 7.63. The van der Waals surface area contributed by atoms with Crippen molar-refractivity contribution in [3.05, 3.63) is 29.8 Å². The molecule has 1 aromatic carbocycles. The minimum atomic E-state index is -3.83. The van der Waals surface area contributed by atoms with E-state index in [9.17, 15) is 8.42 Å². The maximum absolute atomic E-state index is 12.4. The van der Waals surface area contributed by atoms with Crippen molar-refractivity contribution in [1.29, 1.82) is 0 Å². The summed E-state index contributed by atoms with van der Waals surface area (Å²) >= 11 is 0. The highest BCUT2D eigenvalue weighted by molar-refractivity contribution is 7.86. The molecule has 1 atom stereocenters. The van der Waals surface area contributed by atoms with Crippen LogP contribution in [-0.4, -0.2) is 14.5 Å². The van der Waals surface area contributed by atoms with Gasteiger partial charge < -0.3 is 0 Å². The van der Waals surface area contributed by atoms with Crippen molar-refractivity contribution in [3.63, 3.8) is 0 Å². The van der Waals surface area contributed by atoms with Crippen LogP contribution in [0.4, 0.5) is 0 Å². The molecule has 0 radical (unpaired) electrons. The second-order valence-corrected chi connectivity index (χ2v) is 9.20. The van der Waals surface area contributed by atoms with Gasteiger partial charge in [0, 0.05) is 10.8 Å². The van der Waals surface area contributed by atoms with Crippen molar-refractivity contribution >= 4 is 10.1 Å². The molecule has 0 saturated heterocycles. The van der Waals surface area contributed by atoms with Crippen molar-refractivity contribution in [2.75, 3.05) is 0 Å². The fourth-order valence-corrected chi connectivity index (χ4v) is 2.72. The van der Waals surface area contributed by atoms with Crippen LogP contribution in [0.1, 0.15) is 47.1 Å². The molecular weight excluding hydrogens is 296 g/mol. The summed E-state index contributed by atoms with van der Waals surface area (Å²) in [4.78, 5) is 0.157. The summed E-state index contributed by atoms with van der Waals surface area (Å²) in [7, 11) is -3.83. The van der Waals surface area contributed by atoms with E-state index in [1.807, 2.05) is 48.5 Å². The molecular formula is C18H26O3S. The predicted molar refractivity (Wildman–Crippen MR) is 89.9 cm³/mol. The topological polar surface area (TPSA) is 43.4 Å². The van der Waals surface area contributed by atoms with E-state index in [0.717, 1.165) is 5.56 Å². The zero-order chi connectivity index (χ0) is 17.2. The molecule has 1 aromatic rings. The Balaban J connectivity index is 3.13. The van der Waals surface area contributed by atoms with Gasteiger partial charge in [-0.2, -0.15) is 8.42 Å². The SMILES string of the molecule is Cc1ccc(S(=O)(=O)O[C@@H](C#CC(C)(C)C)C(C)(C)C)cc1. The molecule has 0 spiro atoms. The third-order valence-corrected chi connectivity index (χ3v) is 4.19. The maximum Gasteiger partial charge on any atom is 0.298 e. The van der Waals surface area contributed by atoms with Crippen LogP contribution in [0, 0.1) is 29.6 Å². The van der Waals surface area contributed by atoms with Gasteiger partial charge in [0.2, 0.25) is 0 Å². The van der Waals surface area contributed by atoms with E-state index in [-0.39, 0.29) is 10.3 Å². The van der Waals surface area contributed by atoms with Crippen LogP contribution in [0.3, 0.4) is 0 Å². The lowest BCUT2D eigenvalue weighted by Crippen LogP contribution is -2.30. The van der Waals surface area contributed by atoms with Crippen LogP contribution in [0.2, 0.25) is 0 Å². The van der Waals surface area contributed by atoms with Gasteiger partial charge in [-0.3, -0.25) is 0 Å². The monoisotopic (exact) mass is 322 g/mol. The fourth-order valence-electron chi connectivity index (χ4n) is 1.55. The number of hydrogen-bond acceptors (Lipinski definition) is 3. The molecule has 1 rings (SSSR count). The normalized spacial score (nSPS) is 14.1. The third kappa shape index (κ3) is 5.82. The molecule has 3 nitrogen and oxygen atoms in total. The van der Waals surface area contributed by atoms with Crippen molar-refractivity contribution in [1.82, 2.24) is 0 Å². The van der Waals surface area contributed by atoms with E-state index in [1.54, 1.807) is 24.3 Å². The molecule has 0 saturated carbocycles. The molecule has 22 heavy (non-hydrogen) atoms. The van der Waals surface area contributed by atoms with Crippen LogP contribution in [0.25, 0.3) is 0 Å². The molecule has 0 fully saturated rings. The van der Waals surface area contributed by atoms with Gasteiger partial charge >= 0.3 is 0 Å². The zero-order valence-electron chi connectivity index (χ0n) is 14.5. The Kier molecular flexibility index (Phi) is 5.48. The average Bonchev–Trinajstić information content (AvgIpc) is 2.32. The first kappa shape index (κ1) is 18.7. The third-order valence-electron chi connectivity index (χ3n) is 2.90. The molecule has 0 aliphatic carbocycles. The summed E-state index contributed by atoms with van der Waals surface area (Å²) < 4.78 is 30.3. The Hall–Kier alpha value is -1.31. The highest BCUT2D eigenvalue weighted by Crippen LogP contribution is 2.26. The Morgan fingerprint density at radius 3 is 1.91 bits per heavy atom. The van der Waals surface area contributed by atoms with E-state index in [4.69, 9.17) is 4.18 Å². The molecule has 0 amide bonds. The van der Waals surface area contributed by atoms with E-state index < -0.39 is 21.6 Å². The molecule has 0 N–H and O–H groups in total. The van der Waals surface area contributed by atoms with Crippen molar-refractivity contribution in [3.8, 4) is 11.8 Å². The molecule has 4 heteroatoms. The van der Waals surface area contributed by atoms with Gasteiger partial charge in [-0.05, 0) is 39.8 Å². The highest BCUT2D eigenvalue weighted by Gasteiger charge is 2.30. The summed E-state index contributed by atoms with van der Waals surface area (Å²) in [6.45, 7) is 13.6. The summed E-state index contributed by atoms with van der Waals surface area (Å²) in [5, 5.41) is 0. The number of benzene rings is 1. The van der Waals surface area contributed by atoms with Gasteiger partial charge in [-0.1, -0.05) is 50.3 Å². The van der Waals surface area contributed by atoms with Gasteiger partial charge in [0.05, 0.1) is 4.90 Å².